The minimum atomic E-state index is -3.35. The smallest absolute Gasteiger partial charge is 0.279 e. The van der Waals surface area contributed by atoms with Crippen LogP contribution in [0.25, 0.3) is 0 Å². The number of nitrogens with one attached hydrogen (secondary N) is 1. The van der Waals surface area contributed by atoms with E-state index in [0.717, 1.165) is 6.42 Å². The Hall–Kier alpha value is -0.170. The first kappa shape index (κ1) is 12.9. The molecule has 0 aliphatic carbocycles. The van der Waals surface area contributed by atoms with Crippen molar-refractivity contribution in [2.75, 3.05) is 13.1 Å². The molecule has 0 aromatic rings. The van der Waals surface area contributed by atoms with E-state index in [2.05, 4.69) is 4.72 Å². The second-order valence-corrected chi connectivity index (χ2v) is 6.40. The van der Waals surface area contributed by atoms with Crippen LogP contribution in [0.15, 0.2) is 0 Å². The molecular weight excluding hydrogens is 214 g/mol. The number of nitrogens with two attached hydrogens (primary N) is 1. The van der Waals surface area contributed by atoms with Crippen molar-refractivity contribution in [3.05, 3.63) is 0 Å². The summed E-state index contributed by atoms with van der Waals surface area (Å²) in [7, 11) is -3.35. The summed E-state index contributed by atoms with van der Waals surface area (Å²) in [6.07, 6.45) is 0.897. The number of hydrogen-bond donors (Lipinski definition) is 2. The van der Waals surface area contributed by atoms with Crippen molar-refractivity contribution < 1.29 is 8.42 Å². The van der Waals surface area contributed by atoms with Crippen molar-refractivity contribution in [3.8, 4) is 0 Å². The van der Waals surface area contributed by atoms with Crippen LogP contribution in [0, 0.1) is 5.92 Å². The van der Waals surface area contributed by atoms with Gasteiger partial charge in [-0.2, -0.15) is 17.4 Å². The number of rotatable bonds is 3. The summed E-state index contributed by atoms with van der Waals surface area (Å²) < 4.78 is 27.7. The van der Waals surface area contributed by atoms with Crippen LogP contribution in [0.3, 0.4) is 0 Å². The molecule has 1 aliphatic heterocycles. The highest BCUT2D eigenvalue weighted by molar-refractivity contribution is 7.87. The van der Waals surface area contributed by atoms with Gasteiger partial charge in [-0.25, -0.2) is 0 Å². The van der Waals surface area contributed by atoms with Crippen LogP contribution >= 0.6 is 0 Å². The largest absolute Gasteiger partial charge is 0.326 e. The van der Waals surface area contributed by atoms with Gasteiger partial charge in [0, 0.05) is 25.2 Å². The van der Waals surface area contributed by atoms with Crippen LogP contribution in [0.1, 0.15) is 27.2 Å². The van der Waals surface area contributed by atoms with Crippen LogP contribution in [0.5, 0.6) is 0 Å². The molecule has 1 heterocycles. The lowest BCUT2D eigenvalue weighted by atomic mass is 9.99. The van der Waals surface area contributed by atoms with Gasteiger partial charge in [0.15, 0.2) is 0 Å². The predicted molar refractivity (Wildman–Crippen MR) is 60.5 cm³/mol. The first-order valence-corrected chi connectivity index (χ1v) is 6.78. The summed E-state index contributed by atoms with van der Waals surface area (Å²) in [5, 5.41) is 0. The zero-order chi connectivity index (χ0) is 11.6. The van der Waals surface area contributed by atoms with E-state index < -0.39 is 10.2 Å². The first-order chi connectivity index (χ1) is 6.81. The Labute approximate surface area is 92.2 Å². The Kier molecular flexibility index (Phi) is 4.11. The highest BCUT2D eigenvalue weighted by Gasteiger charge is 2.30. The van der Waals surface area contributed by atoms with Crippen LogP contribution in [0.2, 0.25) is 0 Å². The molecule has 0 amide bonds. The maximum Gasteiger partial charge on any atom is 0.279 e. The summed E-state index contributed by atoms with van der Waals surface area (Å²) in [5.74, 6) is 0.331. The Balaban J connectivity index is 2.70. The fraction of sp³-hybridized carbons (Fsp3) is 1.00. The standard InChI is InChI=1S/C9H21N3O2S/c1-7(2)11-15(13,14)12-5-8(3)4-9(10)6-12/h7-9,11H,4-6,10H2,1-3H3. The fourth-order valence-corrected chi connectivity index (χ4v) is 3.50. The molecule has 1 aliphatic rings. The lowest BCUT2D eigenvalue weighted by molar-refractivity contribution is 0.251. The molecule has 1 saturated heterocycles. The van der Waals surface area contributed by atoms with Crippen molar-refractivity contribution in [2.24, 2.45) is 11.7 Å². The Morgan fingerprint density at radius 1 is 1.40 bits per heavy atom. The third-order valence-corrected chi connectivity index (χ3v) is 4.13. The number of hydrogen-bond acceptors (Lipinski definition) is 3. The normalized spacial score (nSPS) is 29.7. The van der Waals surface area contributed by atoms with E-state index in [1.54, 1.807) is 0 Å². The average Bonchev–Trinajstić information content (AvgIpc) is 1.99. The number of piperidine rings is 1. The van der Waals surface area contributed by atoms with Crippen LogP contribution in [-0.4, -0.2) is 37.9 Å². The van der Waals surface area contributed by atoms with Crippen LogP contribution in [-0.2, 0) is 10.2 Å². The maximum absolute atomic E-state index is 11.8. The molecule has 6 heteroatoms. The van der Waals surface area contributed by atoms with Crippen LogP contribution in [0.4, 0.5) is 0 Å². The van der Waals surface area contributed by atoms with Crippen molar-refractivity contribution in [1.29, 1.82) is 0 Å². The second kappa shape index (κ2) is 4.78. The highest BCUT2D eigenvalue weighted by atomic mass is 32.2. The van der Waals surface area contributed by atoms with Gasteiger partial charge in [0.1, 0.15) is 0 Å². The van der Waals surface area contributed by atoms with Crippen molar-refractivity contribution in [3.63, 3.8) is 0 Å². The minimum Gasteiger partial charge on any atom is -0.326 e. The van der Waals surface area contributed by atoms with E-state index in [4.69, 9.17) is 5.73 Å². The summed E-state index contributed by atoms with van der Waals surface area (Å²) in [4.78, 5) is 0. The Morgan fingerprint density at radius 2 is 2.00 bits per heavy atom. The topological polar surface area (TPSA) is 75.4 Å². The molecule has 0 radical (unpaired) electrons. The van der Waals surface area contributed by atoms with E-state index in [9.17, 15) is 8.42 Å². The molecule has 0 saturated carbocycles. The lowest BCUT2D eigenvalue weighted by Gasteiger charge is -2.34. The molecule has 2 atom stereocenters. The fourth-order valence-electron chi connectivity index (χ4n) is 1.92. The molecule has 3 N–H and O–H groups in total. The van der Waals surface area contributed by atoms with E-state index in [0.29, 0.717) is 19.0 Å². The third kappa shape index (κ3) is 3.71. The molecule has 5 nitrogen and oxygen atoms in total. The quantitative estimate of drug-likeness (QED) is 0.717. The molecule has 0 aromatic heterocycles. The second-order valence-electron chi connectivity index (χ2n) is 4.70. The zero-order valence-electron chi connectivity index (χ0n) is 9.60. The zero-order valence-corrected chi connectivity index (χ0v) is 10.4. The molecule has 0 bridgehead atoms. The average molecular weight is 235 g/mol. The van der Waals surface area contributed by atoms with Crippen LogP contribution < -0.4 is 10.5 Å². The van der Waals surface area contributed by atoms with Gasteiger partial charge in [0.05, 0.1) is 0 Å². The van der Waals surface area contributed by atoms with Gasteiger partial charge in [-0.15, -0.1) is 0 Å². The predicted octanol–water partition coefficient (Wildman–Crippen LogP) is -0.102. The van der Waals surface area contributed by atoms with Gasteiger partial charge in [-0.05, 0) is 26.2 Å². The molecule has 1 rings (SSSR count). The van der Waals surface area contributed by atoms with E-state index in [-0.39, 0.29) is 12.1 Å². The Bertz CT molecular complexity index is 292. The molecule has 2 unspecified atom stereocenters. The molecule has 1 fully saturated rings. The first-order valence-electron chi connectivity index (χ1n) is 5.34. The monoisotopic (exact) mass is 235 g/mol. The summed E-state index contributed by atoms with van der Waals surface area (Å²) in [6, 6.07) is -0.124. The molecule has 15 heavy (non-hydrogen) atoms. The number of nitrogens with zero attached hydrogens (tertiary/aromatic N) is 1. The van der Waals surface area contributed by atoms with E-state index >= 15 is 0 Å². The van der Waals surface area contributed by atoms with Crippen molar-refractivity contribution in [2.45, 2.75) is 39.3 Å². The SMILES string of the molecule is CC1CC(N)CN(S(=O)(=O)NC(C)C)C1. The Morgan fingerprint density at radius 3 is 2.47 bits per heavy atom. The molecule has 0 spiro atoms. The van der Waals surface area contributed by atoms with Gasteiger partial charge in [0.25, 0.3) is 10.2 Å². The molecule has 0 aromatic carbocycles. The summed E-state index contributed by atoms with van der Waals surface area (Å²) in [5.41, 5.74) is 5.81. The van der Waals surface area contributed by atoms with Gasteiger partial charge in [-0.1, -0.05) is 6.92 Å². The summed E-state index contributed by atoms with van der Waals surface area (Å²) >= 11 is 0. The van der Waals surface area contributed by atoms with E-state index in [1.807, 2.05) is 20.8 Å². The molecular formula is C9H21N3O2S. The van der Waals surface area contributed by atoms with Crippen molar-refractivity contribution in [1.82, 2.24) is 9.03 Å². The van der Waals surface area contributed by atoms with Gasteiger partial charge in [-0.3, -0.25) is 0 Å². The lowest BCUT2D eigenvalue weighted by Crippen LogP contribution is -2.53. The highest BCUT2D eigenvalue weighted by Crippen LogP contribution is 2.17. The van der Waals surface area contributed by atoms with Gasteiger partial charge >= 0.3 is 0 Å². The van der Waals surface area contributed by atoms with Gasteiger partial charge < -0.3 is 5.73 Å². The van der Waals surface area contributed by atoms with Crippen molar-refractivity contribution >= 4 is 10.2 Å². The van der Waals surface area contributed by atoms with E-state index in [1.165, 1.54) is 4.31 Å². The third-order valence-electron chi connectivity index (χ3n) is 2.38. The summed E-state index contributed by atoms with van der Waals surface area (Å²) in [6.45, 7) is 6.63. The molecule has 90 valence electrons. The minimum absolute atomic E-state index is 0.0440. The maximum atomic E-state index is 11.8. The van der Waals surface area contributed by atoms with Gasteiger partial charge in [0.2, 0.25) is 0 Å².